The number of unbranched alkanes of at least 4 members (excludes halogenated alkanes) is 16. The molecular formula is C47H82NO9P. The van der Waals surface area contributed by atoms with Crippen molar-refractivity contribution in [2.75, 3.05) is 26.4 Å². The fourth-order valence-electron chi connectivity index (χ4n) is 5.86. The number of ether oxygens (including phenoxy) is 2. The fourth-order valence-corrected chi connectivity index (χ4v) is 6.63. The molecule has 0 aliphatic carbocycles. The predicted octanol–water partition coefficient (Wildman–Crippen LogP) is 12.0. The number of phosphoric acid groups is 1. The normalized spacial score (nSPS) is 14.5. The predicted molar refractivity (Wildman–Crippen MR) is 239 cm³/mol. The highest BCUT2D eigenvalue weighted by atomic mass is 31.2. The van der Waals surface area contributed by atoms with Gasteiger partial charge >= 0.3 is 19.8 Å². The molecule has 0 fully saturated rings. The summed E-state index contributed by atoms with van der Waals surface area (Å²) in [7, 11) is -4.41. The summed E-state index contributed by atoms with van der Waals surface area (Å²) in [5.74, 6) is -0.956. The van der Waals surface area contributed by atoms with E-state index < -0.39 is 38.6 Å². The van der Waals surface area contributed by atoms with Gasteiger partial charge in [0.25, 0.3) is 0 Å². The number of nitrogens with two attached hydrogens (primary N) is 1. The van der Waals surface area contributed by atoms with Gasteiger partial charge in [0.2, 0.25) is 0 Å². The molecule has 0 aromatic heterocycles. The Balaban J connectivity index is 4.31. The summed E-state index contributed by atoms with van der Waals surface area (Å²) in [4.78, 5) is 34.9. The number of phosphoric ester groups is 1. The van der Waals surface area contributed by atoms with Gasteiger partial charge in [-0.1, -0.05) is 189 Å². The molecule has 0 aliphatic rings. The lowest BCUT2D eigenvalue weighted by Crippen LogP contribution is -2.29. The minimum Gasteiger partial charge on any atom is -0.462 e. The van der Waals surface area contributed by atoms with Crippen molar-refractivity contribution in [1.82, 2.24) is 0 Å². The van der Waals surface area contributed by atoms with E-state index in [2.05, 4.69) is 32.1 Å². The van der Waals surface area contributed by atoms with E-state index in [1.807, 2.05) is 48.6 Å². The van der Waals surface area contributed by atoms with Crippen LogP contribution in [-0.4, -0.2) is 60.5 Å². The van der Waals surface area contributed by atoms with E-state index >= 15 is 0 Å². The first-order valence-electron chi connectivity index (χ1n) is 22.5. The highest BCUT2D eigenvalue weighted by Gasteiger charge is 2.25. The number of carbonyl (C=O) groups is 2. The average molecular weight is 836 g/mol. The lowest BCUT2D eigenvalue weighted by Gasteiger charge is -2.19. The molecule has 0 aromatic rings. The largest absolute Gasteiger partial charge is 0.472 e. The van der Waals surface area contributed by atoms with E-state index in [1.165, 1.54) is 89.9 Å². The van der Waals surface area contributed by atoms with Gasteiger partial charge in [0.1, 0.15) is 6.61 Å². The molecule has 0 rings (SSSR count). The monoisotopic (exact) mass is 836 g/mol. The van der Waals surface area contributed by atoms with Crippen molar-refractivity contribution in [2.45, 2.75) is 187 Å². The van der Waals surface area contributed by atoms with Gasteiger partial charge in [-0.2, -0.15) is 0 Å². The molecule has 3 atom stereocenters. The second-order valence-corrected chi connectivity index (χ2v) is 16.2. The fraction of sp³-hybridized carbons (Fsp3) is 0.702. The van der Waals surface area contributed by atoms with Crippen LogP contribution in [0.5, 0.6) is 0 Å². The Morgan fingerprint density at radius 3 is 1.74 bits per heavy atom. The lowest BCUT2D eigenvalue weighted by atomic mass is 10.0. The molecule has 2 unspecified atom stereocenters. The van der Waals surface area contributed by atoms with Gasteiger partial charge in [0.15, 0.2) is 6.10 Å². The Bertz CT molecular complexity index is 1200. The van der Waals surface area contributed by atoms with E-state index in [-0.39, 0.29) is 32.6 Å². The Morgan fingerprint density at radius 1 is 0.621 bits per heavy atom. The molecular weight excluding hydrogens is 753 g/mol. The van der Waals surface area contributed by atoms with Gasteiger partial charge in [-0.25, -0.2) is 4.57 Å². The molecule has 0 bridgehead atoms. The number of carbonyl (C=O) groups excluding carboxylic acids is 2. The zero-order valence-electron chi connectivity index (χ0n) is 36.4. The third-order valence-corrected chi connectivity index (χ3v) is 10.2. The smallest absolute Gasteiger partial charge is 0.462 e. The van der Waals surface area contributed by atoms with Crippen molar-refractivity contribution >= 4 is 19.8 Å². The Morgan fingerprint density at radius 2 is 1.16 bits per heavy atom. The molecule has 0 spiro atoms. The van der Waals surface area contributed by atoms with Crippen LogP contribution >= 0.6 is 7.82 Å². The molecule has 58 heavy (non-hydrogen) atoms. The Labute approximate surface area is 353 Å². The number of aliphatic hydroxyl groups excluding tert-OH is 1. The first-order valence-corrected chi connectivity index (χ1v) is 24.0. The van der Waals surface area contributed by atoms with Crippen LogP contribution in [-0.2, 0) is 32.7 Å². The minimum absolute atomic E-state index is 0.0312. The summed E-state index contributed by atoms with van der Waals surface area (Å²) in [6.07, 6.45) is 48.3. The van der Waals surface area contributed by atoms with Gasteiger partial charge in [0.05, 0.1) is 19.3 Å². The summed E-state index contributed by atoms with van der Waals surface area (Å²) in [5.41, 5.74) is 5.34. The standard InChI is InChI=1S/C47H82NO9P/c1-3-5-7-9-11-12-13-14-15-16-17-18-19-23-26-30-34-38-46(50)54-42-45(43-56-58(52,53)55-41-40-48)57-47(51)39-35-31-27-24-21-20-22-25-29-33-37-44(49)36-32-28-10-8-6-4-2/h6,8,20-21,25,27-29,31-33,37,44-45,49H,3-5,7,9-19,22-24,26,30,34-36,38-43,48H2,1-2H3,(H,52,53)/b8-6-,21-20-,29-25-,31-27-,32-28-,37-33+/t44?,45-/m1/s1. The number of esters is 2. The zero-order chi connectivity index (χ0) is 42.6. The molecule has 10 nitrogen and oxygen atoms in total. The summed E-state index contributed by atoms with van der Waals surface area (Å²) in [6, 6.07) is 0. The van der Waals surface area contributed by atoms with E-state index in [1.54, 1.807) is 6.08 Å². The topological polar surface area (TPSA) is 155 Å². The van der Waals surface area contributed by atoms with Crippen LogP contribution in [0.1, 0.15) is 174 Å². The third-order valence-electron chi connectivity index (χ3n) is 9.20. The van der Waals surface area contributed by atoms with Crippen LogP contribution in [0.4, 0.5) is 0 Å². The average Bonchev–Trinajstić information content (AvgIpc) is 3.21. The van der Waals surface area contributed by atoms with Crippen LogP contribution in [0.15, 0.2) is 72.9 Å². The Hall–Kier alpha value is -2.59. The highest BCUT2D eigenvalue weighted by Crippen LogP contribution is 2.43. The number of hydrogen-bond donors (Lipinski definition) is 3. The van der Waals surface area contributed by atoms with Gasteiger partial charge in [0, 0.05) is 19.4 Å². The second kappa shape index (κ2) is 42.5. The van der Waals surface area contributed by atoms with Crippen LogP contribution in [0.2, 0.25) is 0 Å². The van der Waals surface area contributed by atoms with Crippen molar-refractivity contribution < 1.29 is 42.7 Å². The van der Waals surface area contributed by atoms with Crippen molar-refractivity contribution in [1.29, 1.82) is 0 Å². The zero-order valence-corrected chi connectivity index (χ0v) is 37.3. The van der Waals surface area contributed by atoms with Crippen molar-refractivity contribution in [3.05, 3.63) is 72.9 Å². The second-order valence-electron chi connectivity index (χ2n) is 14.7. The van der Waals surface area contributed by atoms with E-state index in [9.17, 15) is 24.2 Å². The minimum atomic E-state index is -4.41. The van der Waals surface area contributed by atoms with Gasteiger partial charge < -0.3 is 25.2 Å². The summed E-state index contributed by atoms with van der Waals surface area (Å²) < 4.78 is 32.7. The number of rotatable bonds is 41. The summed E-state index contributed by atoms with van der Waals surface area (Å²) in [6.45, 7) is 3.45. The molecule has 0 saturated carbocycles. The first kappa shape index (κ1) is 55.4. The van der Waals surface area contributed by atoms with E-state index in [4.69, 9.17) is 24.3 Å². The van der Waals surface area contributed by atoms with Crippen LogP contribution in [0.25, 0.3) is 0 Å². The maximum Gasteiger partial charge on any atom is 0.472 e. The van der Waals surface area contributed by atoms with Gasteiger partial charge in [-0.3, -0.25) is 18.6 Å². The SMILES string of the molecule is CC/C=C\C/C=C\CC(O)/C=C/C=C\C/C=C\C/C=C\CCC(=O)O[C@H](COC(=O)CCCCCCCCCCCCCCCCCCC)COP(=O)(O)OCCN. The molecule has 334 valence electrons. The number of hydrogen-bond acceptors (Lipinski definition) is 9. The van der Waals surface area contributed by atoms with Crippen LogP contribution in [0.3, 0.4) is 0 Å². The van der Waals surface area contributed by atoms with Gasteiger partial charge in [-0.15, -0.1) is 0 Å². The van der Waals surface area contributed by atoms with Crippen LogP contribution in [0, 0.1) is 0 Å². The maximum atomic E-state index is 12.6. The summed E-state index contributed by atoms with van der Waals surface area (Å²) in [5, 5.41) is 10.0. The molecule has 11 heteroatoms. The lowest BCUT2D eigenvalue weighted by molar-refractivity contribution is -0.161. The molecule has 0 saturated heterocycles. The molecule has 4 N–H and O–H groups in total. The molecule has 0 aliphatic heterocycles. The van der Waals surface area contributed by atoms with Crippen molar-refractivity contribution in [2.24, 2.45) is 5.73 Å². The Kier molecular flexibility index (Phi) is 40.6. The van der Waals surface area contributed by atoms with E-state index in [0.717, 1.165) is 32.1 Å². The van der Waals surface area contributed by atoms with Crippen molar-refractivity contribution in [3.63, 3.8) is 0 Å². The quantitative estimate of drug-likeness (QED) is 0.0178. The molecule has 0 heterocycles. The van der Waals surface area contributed by atoms with Crippen molar-refractivity contribution in [3.8, 4) is 0 Å². The summed E-state index contributed by atoms with van der Waals surface area (Å²) >= 11 is 0. The molecule has 0 aromatic carbocycles. The highest BCUT2D eigenvalue weighted by molar-refractivity contribution is 7.47. The first-order chi connectivity index (χ1) is 28.2. The third kappa shape index (κ3) is 41.6. The number of allylic oxidation sites excluding steroid dienone is 10. The molecule has 0 radical (unpaired) electrons. The van der Waals surface area contributed by atoms with Gasteiger partial charge in [-0.05, 0) is 44.9 Å². The maximum absolute atomic E-state index is 12.6. The van der Waals surface area contributed by atoms with Crippen LogP contribution < -0.4 is 5.73 Å². The number of aliphatic hydroxyl groups is 1. The van der Waals surface area contributed by atoms with E-state index in [0.29, 0.717) is 25.7 Å². The molecule has 0 amide bonds.